The first-order chi connectivity index (χ1) is 18.9. The van der Waals surface area contributed by atoms with Gasteiger partial charge in [0.15, 0.2) is 11.4 Å². The predicted molar refractivity (Wildman–Crippen MR) is 157 cm³/mol. The van der Waals surface area contributed by atoms with E-state index in [1.54, 1.807) is 38.5 Å². The van der Waals surface area contributed by atoms with Crippen LogP contribution in [0.1, 0.15) is 11.3 Å². The molecule has 0 spiro atoms. The molecule has 1 N–H and O–H groups in total. The summed E-state index contributed by atoms with van der Waals surface area (Å²) in [6, 6.07) is 24.3. The minimum atomic E-state index is -0.236. The molecule has 3 aromatic heterocycles. The minimum Gasteiger partial charge on any atom is -0.507 e. The van der Waals surface area contributed by atoms with Crippen LogP contribution in [0.2, 0.25) is 0 Å². The first-order valence-electron chi connectivity index (χ1n) is 12.0. The fourth-order valence-electron chi connectivity index (χ4n) is 4.29. The zero-order chi connectivity index (χ0) is 27.1. The average molecular weight is 600 g/mol. The first-order valence-corrected chi connectivity index (χ1v) is 13.7. The van der Waals surface area contributed by atoms with Crippen molar-refractivity contribution in [3.8, 4) is 22.9 Å². The van der Waals surface area contributed by atoms with Gasteiger partial charge in [0.2, 0.25) is 4.80 Å². The van der Waals surface area contributed by atoms with Gasteiger partial charge in [-0.3, -0.25) is 9.48 Å². The molecule has 3 heterocycles. The molecule has 0 aliphatic heterocycles. The van der Waals surface area contributed by atoms with Crippen LogP contribution in [0, 0.1) is 6.92 Å². The molecule has 6 aromatic rings. The summed E-state index contributed by atoms with van der Waals surface area (Å²) in [6.07, 6.45) is 1.55. The summed E-state index contributed by atoms with van der Waals surface area (Å²) in [6.45, 7) is 1.86. The highest BCUT2D eigenvalue weighted by atomic mass is 79.9. The molecule has 0 atom stereocenters. The van der Waals surface area contributed by atoms with Gasteiger partial charge in [-0.25, -0.2) is 14.4 Å². The van der Waals surface area contributed by atoms with Crippen molar-refractivity contribution in [3.63, 3.8) is 0 Å². The lowest BCUT2D eigenvalue weighted by molar-refractivity contribution is 0.474. The SMILES string of the molecule is Cc1c(N=c2scc(-c3cc4ccccc4o3)n2N=Cc2cc(Br)ccc2O)c(=O)n(-c2ccccc2)n1C. The van der Waals surface area contributed by atoms with Gasteiger partial charge in [-0.1, -0.05) is 52.3 Å². The number of benzene rings is 3. The summed E-state index contributed by atoms with van der Waals surface area (Å²) in [5.74, 6) is 0.696. The van der Waals surface area contributed by atoms with E-state index < -0.39 is 0 Å². The Morgan fingerprint density at radius 2 is 1.79 bits per heavy atom. The summed E-state index contributed by atoms with van der Waals surface area (Å²) < 4.78 is 11.9. The number of hydrogen-bond donors (Lipinski definition) is 1. The molecule has 194 valence electrons. The third-order valence-electron chi connectivity index (χ3n) is 6.40. The maximum absolute atomic E-state index is 13.5. The maximum atomic E-state index is 13.5. The minimum absolute atomic E-state index is 0.0891. The monoisotopic (exact) mass is 599 g/mol. The van der Waals surface area contributed by atoms with E-state index in [-0.39, 0.29) is 11.3 Å². The molecule has 10 heteroatoms. The number of rotatable bonds is 5. The summed E-state index contributed by atoms with van der Waals surface area (Å²) >= 11 is 4.78. The third kappa shape index (κ3) is 4.58. The van der Waals surface area contributed by atoms with Crippen LogP contribution in [0.15, 0.2) is 108 Å². The first kappa shape index (κ1) is 24.9. The molecule has 0 saturated heterocycles. The number of nitrogens with zero attached hydrogens (tertiary/aromatic N) is 5. The van der Waals surface area contributed by atoms with Crippen molar-refractivity contribution in [2.45, 2.75) is 6.92 Å². The fraction of sp³-hybridized carbons (Fsp3) is 0.0690. The molecule has 3 aromatic carbocycles. The second kappa shape index (κ2) is 10.0. The van der Waals surface area contributed by atoms with Crippen LogP contribution in [0.3, 0.4) is 0 Å². The Morgan fingerprint density at radius 3 is 2.59 bits per heavy atom. The molecule has 0 amide bonds. The Bertz CT molecular complexity index is 1960. The van der Waals surface area contributed by atoms with Crippen LogP contribution in [0.25, 0.3) is 28.1 Å². The van der Waals surface area contributed by atoms with E-state index in [2.05, 4.69) is 21.0 Å². The van der Waals surface area contributed by atoms with E-state index in [0.29, 0.717) is 33.2 Å². The lowest BCUT2D eigenvalue weighted by atomic mass is 10.2. The number of aromatic nitrogens is 3. The summed E-state index contributed by atoms with van der Waals surface area (Å²) in [5.41, 5.74) is 3.47. The zero-order valence-electron chi connectivity index (χ0n) is 20.9. The van der Waals surface area contributed by atoms with Gasteiger partial charge in [0.05, 0.1) is 17.6 Å². The Morgan fingerprint density at radius 1 is 1.03 bits per heavy atom. The molecule has 0 radical (unpaired) electrons. The molecule has 0 unspecified atom stereocenters. The molecule has 0 aliphatic carbocycles. The summed E-state index contributed by atoms with van der Waals surface area (Å²) in [7, 11) is 1.83. The van der Waals surface area contributed by atoms with E-state index in [4.69, 9.17) is 9.41 Å². The number of aromatic hydroxyl groups is 1. The number of thiazole rings is 1. The number of phenols is 1. The second-order valence-electron chi connectivity index (χ2n) is 8.83. The summed E-state index contributed by atoms with van der Waals surface area (Å²) in [5, 5.41) is 17.9. The largest absolute Gasteiger partial charge is 0.507 e. The van der Waals surface area contributed by atoms with Gasteiger partial charge in [-0.05, 0) is 49.4 Å². The van der Waals surface area contributed by atoms with E-state index in [9.17, 15) is 9.90 Å². The van der Waals surface area contributed by atoms with Crippen molar-refractivity contribution in [2.75, 3.05) is 0 Å². The Balaban J connectivity index is 1.56. The van der Waals surface area contributed by atoms with Gasteiger partial charge < -0.3 is 9.52 Å². The smallest absolute Gasteiger partial charge is 0.297 e. The number of hydrogen-bond acceptors (Lipinski definition) is 6. The zero-order valence-corrected chi connectivity index (χ0v) is 23.3. The predicted octanol–water partition coefficient (Wildman–Crippen LogP) is 6.34. The van der Waals surface area contributed by atoms with Gasteiger partial charge >= 0.3 is 0 Å². The van der Waals surface area contributed by atoms with Crippen LogP contribution in [0.4, 0.5) is 5.69 Å². The van der Waals surface area contributed by atoms with Crippen LogP contribution in [-0.4, -0.2) is 25.4 Å². The fourth-order valence-corrected chi connectivity index (χ4v) is 5.50. The highest BCUT2D eigenvalue weighted by Crippen LogP contribution is 2.29. The third-order valence-corrected chi connectivity index (χ3v) is 7.71. The molecule has 6 rings (SSSR count). The van der Waals surface area contributed by atoms with Gasteiger partial charge in [-0.15, -0.1) is 11.3 Å². The Hall–Kier alpha value is -4.41. The van der Waals surface area contributed by atoms with E-state index in [1.807, 2.05) is 80.0 Å². The van der Waals surface area contributed by atoms with Crippen LogP contribution in [0.5, 0.6) is 5.75 Å². The van der Waals surface area contributed by atoms with Gasteiger partial charge in [0.1, 0.15) is 17.0 Å². The lowest BCUT2D eigenvalue weighted by Crippen LogP contribution is -2.19. The van der Waals surface area contributed by atoms with E-state index >= 15 is 0 Å². The van der Waals surface area contributed by atoms with Crippen LogP contribution in [-0.2, 0) is 7.05 Å². The van der Waals surface area contributed by atoms with Crippen LogP contribution < -0.4 is 10.4 Å². The topological polar surface area (TPSA) is 90.0 Å². The Labute approximate surface area is 235 Å². The van der Waals surface area contributed by atoms with Gasteiger partial charge in [-0.2, -0.15) is 5.10 Å². The van der Waals surface area contributed by atoms with Crippen molar-refractivity contribution in [1.82, 2.24) is 14.0 Å². The lowest BCUT2D eigenvalue weighted by Gasteiger charge is -2.07. The normalized spacial score (nSPS) is 12.2. The quantitative estimate of drug-likeness (QED) is 0.234. The van der Waals surface area contributed by atoms with Gasteiger partial charge in [0.25, 0.3) is 5.56 Å². The van der Waals surface area contributed by atoms with E-state index in [0.717, 1.165) is 21.1 Å². The second-order valence-corrected chi connectivity index (χ2v) is 10.6. The molecule has 0 saturated carbocycles. The van der Waals surface area contributed by atoms with Gasteiger partial charge in [0, 0.05) is 27.9 Å². The molecule has 8 nitrogen and oxygen atoms in total. The van der Waals surface area contributed by atoms with Crippen molar-refractivity contribution >= 4 is 50.1 Å². The average Bonchev–Trinajstić information content (AvgIpc) is 3.61. The molecule has 0 aliphatic rings. The molecular formula is C29H22BrN5O3S. The van der Waals surface area contributed by atoms with Crippen molar-refractivity contribution in [2.24, 2.45) is 17.1 Å². The highest BCUT2D eigenvalue weighted by Gasteiger charge is 2.18. The number of furan rings is 1. The highest BCUT2D eigenvalue weighted by molar-refractivity contribution is 9.10. The van der Waals surface area contributed by atoms with Crippen LogP contribution >= 0.6 is 27.3 Å². The number of para-hydroxylation sites is 2. The van der Waals surface area contributed by atoms with Crippen molar-refractivity contribution in [1.29, 1.82) is 0 Å². The van der Waals surface area contributed by atoms with E-state index in [1.165, 1.54) is 11.3 Å². The molecular weight excluding hydrogens is 578 g/mol. The van der Waals surface area contributed by atoms with Crippen molar-refractivity contribution in [3.05, 3.63) is 115 Å². The maximum Gasteiger partial charge on any atom is 0.297 e. The molecule has 39 heavy (non-hydrogen) atoms. The number of halogens is 1. The van der Waals surface area contributed by atoms with Crippen molar-refractivity contribution < 1.29 is 9.52 Å². The molecule has 0 bridgehead atoms. The summed E-state index contributed by atoms with van der Waals surface area (Å²) in [4.78, 5) is 18.8. The number of fused-ring (bicyclic) bond motifs is 1. The Kier molecular flexibility index (Phi) is 6.41. The number of phenolic OH excluding ortho intramolecular Hbond substituents is 1. The molecule has 0 fully saturated rings. The standard InChI is InChI=1S/C29H22BrN5O3S/c1-18-27(28(37)35(33(18)2)22-9-4-3-5-10-22)32-29-34(31-16-20-14-21(30)12-13-24(20)36)23(17-39-29)26-15-19-8-6-7-11-25(19)38-26/h3-17,36H,1-2H3.